The number of imidazole rings is 1. The Bertz CT molecular complexity index is 1210. The highest BCUT2D eigenvalue weighted by Crippen LogP contribution is 2.46. The number of methoxy groups -OCH3 is 1. The fraction of sp³-hybridized carbons (Fsp3) is 0.333. The zero-order valence-corrected chi connectivity index (χ0v) is 18.0. The SMILES string of the molecule is COCC#Cc1ccc2nc3n(c2c1)C(c1c(C=O)cccc1OC(F)F)CC3N(C)C. The molecule has 1 aliphatic rings. The summed E-state index contributed by atoms with van der Waals surface area (Å²) in [6.45, 7) is -2.68. The van der Waals surface area contributed by atoms with Crippen molar-refractivity contribution in [2.24, 2.45) is 0 Å². The molecule has 0 radical (unpaired) electrons. The van der Waals surface area contributed by atoms with Gasteiger partial charge in [-0.3, -0.25) is 9.69 Å². The van der Waals surface area contributed by atoms with Crippen LogP contribution in [0.2, 0.25) is 0 Å². The first-order valence-corrected chi connectivity index (χ1v) is 10.1. The molecule has 0 spiro atoms. The van der Waals surface area contributed by atoms with Crippen LogP contribution in [0.25, 0.3) is 11.0 Å². The molecule has 0 saturated heterocycles. The number of aromatic nitrogens is 2. The first-order chi connectivity index (χ1) is 15.4. The highest BCUT2D eigenvalue weighted by Gasteiger charge is 2.38. The second-order valence-corrected chi connectivity index (χ2v) is 7.76. The molecular formula is C24H23F2N3O3. The Morgan fingerprint density at radius 3 is 2.81 bits per heavy atom. The summed E-state index contributed by atoms with van der Waals surface area (Å²) >= 11 is 0. The summed E-state index contributed by atoms with van der Waals surface area (Å²) in [4.78, 5) is 18.7. The van der Waals surface area contributed by atoms with E-state index in [1.165, 1.54) is 6.07 Å². The molecule has 1 aliphatic heterocycles. The van der Waals surface area contributed by atoms with E-state index in [0.717, 1.165) is 22.4 Å². The second-order valence-electron chi connectivity index (χ2n) is 7.76. The zero-order valence-electron chi connectivity index (χ0n) is 18.0. The number of aldehydes is 1. The highest BCUT2D eigenvalue weighted by molar-refractivity contribution is 5.82. The lowest BCUT2D eigenvalue weighted by Crippen LogP contribution is -2.18. The Labute approximate surface area is 184 Å². The molecule has 8 heteroatoms. The molecule has 1 aromatic heterocycles. The summed E-state index contributed by atoms with van der Waals surface area (Å²) in [5, 5.41) is 0. The maximum atomic E-state index is 13.2. The Morgan fingerprint density at radius 1 is 1.31 bits per heavy atom. The Morgan fingerprint density at radius 2 is 2.12 bits per heavy atom. The largest absolute Gasteiger partial charge is 0.434 e. The van der Waals surface area contributed by atoms with E-state index in [2.05, 4.69) is 11.8 Å². The van der Waals surface area contributed by atoms with Crippen molar-refractivity contribution >= 4 is 17.3 Å². The van der Waals surface area contributed by atoms with Crippen molar-refractivity contribution in [3.8, 4) is 17.6 Å². The predicted molar refractivity (Wildman–Crippen MR) is 116 cm³/mol. The third-order valence-electron chi connectivity index (χ3n) is 5.62. The number of rotatable bonds is 6. The normalized spacial score (nSPS) is 17.5. The van der Waals surface area contributed by atoms with E-state index in [1.807, 2.05) is 41.8 Å². The average molecular weight is 439 g/mol. The van der Waals surface area contributed by atoms with Gasteiger partial charge in [-0.1, -0.05) is 24.0 Å². The van der Waals surface area contributed by atoms with E-state index in [0.29, 0.717) is 30.4 Å². The lowest BCUT2D eigenvalue weighted by molar-refractivity contribution is -0.0507. The quantitative estimate of drug-likeness (QED) is 0.429. The summed E-state index contributed by atoms with van der Waals surface area (Å²) in [5.74, 6) is 6.80. The fourth-order valence-electron chi connectivity index (χ4n) is 4.29. The van der Waals surface area contributed by atoms with E-state index in [1.54, 1.807) is 19.2 Å². The van der Waals surface area contributed by atoms with Gasteiger partial charge in [-0.15, -0.1) is 0 Å². The van der Waals surface area contributed by atoms with E-state index >= 15 is 0 Å². The summed E-state index contributed by atoms with van der Waals surface area (Å²) in [5.41, 5.74) is 3.13. The molecule has 0 N–H and O–H groups in total. The number of benzene rings is 2. The number of ether oxygens (including phenoxy) is 2. The van der Waals surface area contributed by atoms with Crippen LogP contribution in [0.1, 0.15) is 45.8 Å². The number of halogens is 2. The predicted octanol–water partition coefficient (Wildman–Crippen LogP) is 4.04. The van der Waals surface area contributed by atoms with Gasteiger partial charge in [0, 0.05) is 23.8 Å². The molecule has 0 aliphatic carbocycles. The summed E-state index contributed by atoms with van der Waals surface area (Å²) in [6, 6.07) is 9.87. The van der Waals surface area contributed by atoms with Crippen LogP contribution in [0, 0.1) is 11.8 Å². The van der Waals surface area contributed by atoms with Crippen LogP contribution in [-0.4, -0.2) is 55.2 Å². The average Bonchev–Trinajstić information content (AvgIpc) is 3.30. The molecule has 0 amide bonds. The molecule has 3 aromatic rings. The number of carbonyl (C=O) groups is 1. The smallest absolute Gasteiger partial charge is 0.387 e. The monoisotopic (exact) mass is 439 g/mol. The van der Waals surface area contributed by atoms with Gasteiger partial charge in [0.05, 0.1) is 23.1 Å². The van der Waals surface area contributed by atoms with E-state index < -0.39 is 12.7 Å². The summed E-state index contributed by atoms with van der Waals surface area (Å²) < 4.78 is 38.1. The first-order valence-electron chi connectivity index (χ1n) is 10.1. The third kappa shape index (κ3) is 3.97. The van der Waals surface area contributed by atoms with Gasteiger partial charge in [-0.05, 0) is 44.8 Å². The molecule has 2 atom stereocenters. The Balaban J connectivity index is 1.93. The first kappa shape index (κ1) is 21.9. The van der Waals surface area contributed by atoms with Gasteiger partial charge in [-0.25, -0.2) is 4.98 Å². The van der Waals surface area contributed by atoms with Crippen molar-refractivity contribution in [2.45, 2.75) is 25.1 Å². The minimum Gasteiger partial charge on any atom is -0.434 e. The Kier molecular flexibility index (Phi) is 6.21. The zero-order chi connectivity index (χ0) is 22.8. The molecule has 32 heavy (non-hydrogen) atoms. The second kappa shape index (κ2) is 9.07. The van der Waals surface area contributed by atoms with Gasteiger partial charge in [0.2, 0.25) is 0 Å². The topological polar surface area (TPSA) is 56.6 Å². The number of hydrogen-bond donors (Lipinski definition) is 0. The van der Waals surface area contributed by atoms with Crippen LogP contribution in [-0.2, 0) is 4.74 Å². The molecule has 0 fully saturated rings. The van der Waals surface area contributed by atoms with Gasteiger partial charge in [-0.2, -0.15) is 8.78 Å². The highest BCUT2D eigenvalue weighted by atomic mass is 19.3. The van der Waals surface area contributed by atoms with Gasteiger partial charge in [0.1, 0.15) is 18.2 Å². The lowest BCUT2D eigenvalue weighted by Gasteiger charge is -2.22. The summed E-state index contributed by atoms with van der Waals surface area (Å²) in [6.07, 6.45) is 1.24. The molecule has 0 bridgehead atoms. The molecule has 6 nitrogen and oxygen atoms in total. The minimum atomic E-state index is -3.00. The van der Waals surface area contributed by atoms with Crippen LogP contribution >= 0.6 is 0 Å². The van der Waals surface area contributed by atoms with Crippen molar-refractivity contribution in [1.29, 1.82) is 0 Å². The minimum absolute atomic E-state index is 0.00199. The van der Waals surface area contributed by atoms with Gasteiger partial charge in [0.25, 0.3) is 0 Å². The molecule has 0 saturated carbocycles. The molecule has 2 heterocycles. The molecular weight excluding hydrogens is 416 g/mol. The maximum absolute atomic E-state index is 13.2. The van der Waals surface area contributed by atoms with Crippen LogP contribution in [0.15, 0.2) is 36.4 Å². The van der Waals surface area contributed by atoms with Crippen molar-refractivity contribution in [3.05, 3.63) is 58.9 Å². The van der Waals surface area contributed by atoms with Crippen molar-refractivity contribution in [1.82, 2.24) is 14.5 Å². The van der Waals surface area contributed by atoms with Crippen LogP contribution in [0.5, 0.6) is 5.75 Å². The lowest BCUT2D eigenvalue weighted by atomic mass is 9.96. The molecule has 2 aromatic carbocycles. The summed E-state index contributed by atoms with van der Waals surface area (Å²) in [7, 11) is 5.47. The van der Waals surface area contributed by atoms with Crippen LogP contribution in [0.4, 0.5) is 8.78 Å². The van der Waals surface area contributed by atoms with Gasteiger partial charge < -0.3 is 14.0 Å². The Hall–Kier alpha value is -3.28. The number of hydrogen-bond acceptors (Lipinski definition) is 5. The van der Waals surface area contributed by atoms with Crippen molar-refractivity contribution in [3.63, 3.8) is 0 Å². The van der Waals surface area contributed by atoms with Crippen molar-refractivity contribution < 1.29 is 23.0 Å². The number of carbonyl (C=O) groups excluding carboxylic acids is 1. The van der Waals surface area contributed by atoms with E-state index in [4.69, 9.17) is 14.5 Å². The number of nitrogens with zero attached hydrogens (tertiary/aromatic N) is 3. The molecule has 166 valence electrons. The van der Waals surface area contributed by atoms with Crippen molar-refractivity contribution in [2.75, 3.05) is 27.8 Å². The van der Waals surface area contributed by atoms with Gasteiger partial charge in [0.15, 0.2) is 6.29 Å². The fourth-order valence-corrected chi connectivity index (χ4v) is 4.29. The number of fused-ring (bicyclic) bond motifs is 3. The molecule has 4 rings (SSSR count). The third-order valence-corrected chi connectivity index (χ3v) is 5.62. The van der Waals surface area contributed by atoms with Crippen LogP contribution in [0.3, 0.4) is 0 Å². The van der Waals surface area contributed by atoms with Gasteiger partial charge >= 0.3 is 6.61 Å². The standard InChI is InChI=1S/C24H23F2N3O3/c1-28(2)20-13-19(22-16(14-30)7-4-8-21(22)32-24(25)26)29-18-12-15(6-5-11-31-3)9-10-17(18)27-23(20)29/h4,7-10,12,14,19-20,24H,11,13H2,1-3H3. The molecule has 2 unspecified atom stereocenters. The number of alkyl halides is 2. The van der Waals surface area contributed by atoms with E-state index in [-0.39, 0.29) is 11.8 Å². The van der Waals surface area contributed by atoms with Crippen LogP contribution < -0.4 is 4.74 Å². The maximum Gasteiger partial charge on any atom is 0.387 e. The van der Waals surface area contributed by atoms with E-state index in [9.17, 15) is 13.6 Å².